The first-order valence-electron chi connectivity index (χ1n) is 9.45. The lowest BCUT2D eigenvalue weighted by Crippen LogP contribution is -2.36. The normalized spacial score (nSPS) is 15.3. The monoisotopic (exact) mass is 368 g/mol. The molecule has 3 heterocycles. The lowest BCUT2D eigenvalue weighted by Gasteiger charge is -2.23. The molecule has 1 aromatic carbocycles. The van der Waals surface area contributed by atoms with Crippen molar-refractivity contribution in [3.63, 3.8) is 0 Å². The second-order valence-electron chi connectivity index (χ2n) is 7.19. The van der Waals surface area contributed by atoms with Crippen LogP contribution in [-0.2, 0) is 24.3 Å². The Balaban J connectivity index is 1.51. The Hall–Kier alpha value is -2.83. The van der Waals surface area contributed by atoms with Crippen LogP contribution in [0, 0.1) is 0 Å². The summed E-state index contributed by atoms with van der Waals surface area (Å²) in [6.07, 6.45) is 3.92. The number of furan rings is 1. The van der Waals surface area contributed by atoms with Crippen LogP contribution in [0.3, 0.4) is 0 Å². The minimum Gasteiger partial charge on any atom is -0.459 e. The first-order valence-corrected chi connectivity index (χ1v) is 9.45. The van der Waals surface area contributed by atoms with Crippen molar-refractivity contribution >= 4 is 16.9 Å². The summed E-state index contributed by atoms with van der Waals surface area (Å²) in [5, 5.41) is 5.40. The largest absolute Gasteiger partial charge is 0.459 e. The van der Waals surface area contributed by atoms with Gasteiger partial charge >= 0.3 is 5.69 Å². The molecule has 2 aromatic heterocycles. The van der Waals surface area contributed by atoms with Gasteiger partial charge in [0, 0.05) is 25.4 Å². The topological polar surface area (TPSA) is 73.3 Å². The SMILES string of the molecule is CC(c1cc2ccccc2o1)N(C)C(=O)Cn1nc2n(c1=O)CCCCC2. The highest BCUT2D eigenvalue weighted by atomic mass is 16.3. The van der Waals surface area contributed by atoms with Crippen molar-refractivity contribution < 1.29 is 9.21 Å². The number of hydrogen-bond donors (Lipinski definition) is 0. The fraction of sp³-hybridized carbons (Fsp3) is 0.450. The quantitative estimate of drug-likeness (QED) is 0.710. The highest BCUT2D eigenvalue weighted by molar-refractivity contribution is 5.79. The van der Waals surface area contributed by atoms with Crippen molar-refractivity contribution in [3.8, 4) is 0 Å². The molecule has 1 unspecified atom stereocenters. The molecule has 0 saturated heterocycles. The lowest BCUT2D eigenvalue weighted by molar-refractivity contribution is -0.133. The molecule has 4 rings (SSSR count). The maximum absolute atomic E-state index is 12.8. The number of carbonyl (C=O) groups is 1. The number of aryl methyl sites for hydroxylation is 1. The van der Waals surface area contributed by atoms with Crippen molar-refractivity contribution in [3.05, 3.63) is 52.4 Å². The van der Waals surface area contributed by atoms with Gasteiger partial charge in [-0.25, -0.2) is 9.48 Å². The molecule has 1 aliphatic rings. The first-order chi connectivity index (χ1) is 13.0. The summed E-state index contributed by atoms with van der Waals surface area (Å²) in [5.41, 5.74) is 0.610. The van der Waals surface area contributed by atoms with Crippen molar-refractivity contribution in [2.75, 3.05) is 7.05 Å². The van der Waals surface area contributed by atoms with Crippen LogP contribution in [0.4, 0.5) is 0 Å². The van der Waals surface area contributed by atoms with E-state index in [-0.39, 0.29) is 24.2 Å². The van der Waals surface area contributed by atoms with Gasteiger partial charge in [0.1, 0.15) is 23.7 Å². The van der Waals surface area contributed by atoms with E-state index in [9.17, 15) is 9.59 Å². The van der Waals surface area contributed by atoms with E-state index in [2.05, 4.69) is 5.10 Å². The summed E-state index contributed by atoms with van der Waals surface area (Å²) >= 11 is 0. The molecule has 3 aromatic rings. The van der Waals surface area contributed by atoms with Gasteiger partial charge in [-0.15, -0.1) is 0 Å². The molecule has 0 N–H and O–H groups in total. The predicted molar refractivity (Wildman–Crippen MR) is 101 cm³/mol. The van der Waals surface area contributed by atoms with E-state index in [0.29, 0.717) is 6.54 Å². The molecule has 1 aliphatic heterocycles. The van der Waals surface area contributed by atoms with Crippen LogP contribution in [-0.4, -0.2) is 32.2 Å². The van der Waals surface area contributed by atoms with Crippen molar-refractivity contribution in [2.45, 2.75) is 51.7 Å². The summed E-state index contributed by atoms with van der Waals surface area (Å²) < 4.78 is 8.88. The molecule has 0 spiro atoms. The van der Waals surface area contributed by atoms with Gasteiger partial charge in [-0.05, 0) is 31.9 Å². The molecular weight excluding hydrogens is 344 g/mol. The summed E-state index contributed by atoms with van der Waals surface area (Å²) in [6, 6.07) is 9.48. The number of fused-ring (bicyclic) bond motifs is 2. The van der Waals surface area contributed by atoms with Gasteiger partial charge in [0.25, 0.3) is 0 Å². The van der Waals surface area contributed by atoms with E-state index >= 15 is 0 Å². The molecule has 7 nitrogen and oxygen atoms in total. The lowest BCUT2D eigenvalue weighted by atomic mass is 10.2. The van der Waals surface area contributed by atoms with E-state index in [1.807, 2.05) is 37.3 Å². The van der Waals surface area contributed by atoms with E-state index in [0.717, 1.165) is 48.2 Å². The number of amides is 1. The smallest absolute Gasteiger partial charge is 0.346 e. The molecule has 1 atom stereocenters. The molecule has 7 heteroatoms. The zero-order chi connectivity index (χ0) is 19.0. The highest BCUT2D eigenvalue weighted by Gasteiger charge is 2.23. The van der Waals surface area contributed by atoms with Crippen molar-refractivity contribution in [1.82, 2.24) is 19.2 Å². The van der Waals surface area contributed by atoms with Gasteiger partial charge in [0.05, 0.1) is 6.04 Å². The summed E-state index contributed by atoms with van der Waals surface area (Å²) in [4.78, 5) is 26.9. The minimum absolute atomic E-state index is 0.0557. The number of para-hydroxylation sites is 1. The number of benzene rings is 1. The number of hydrogen-bond acceptors (Lipinski definition) is 4. The minimum atomic E-state index is -0.235. The van der Waals surface area contributed by atoms with E-state index in [1.54, 1.807) is 16.5 Å². The van der Waals surface area contributed by atoms with Crippen LogP contribution in [0.1, 0.15) is 43.8 Å². The fourth-order valence-electron chi connectivity index (χ4n) is 3.58. The Kier molecular flexibility index (Phi) is 4.59. The number of likely N-dealkylation sites (N-methyl/N-ethyl adjacent to an activating group) is 1. The molecule has 27 heavy (non-hydrogen) atoms. The fourth-order valence-corrected chi connectivity index (χ4v) is 3.58. The molecule has 0 saturated carbocycles. The van der Waals surface area contributed by atoms with Crippen LogP contribution < -0.4 is 5.69 Å². The number of aromatic nitrogens is 3. The molecule has 0 fully saturated rings. The van der Waals surface area contributed by atoms with Gasteiger partial charge in [-0.3, -0.25) is 9.36 Å². The third kappa shape index (κ3) is 3.29. The Bertz CT molecular complexity index is 996. The number of carbonyl (C=O) groups excluding carboxylic acids is 1. The molecule has 0 aliphatic carbocycles. The van der Waals surface area contributed by atoms with Crippen molar-refractivity contribution in [1.29, 1.82) is 0 Å². The third-order valence-electron chi connectivity index (χ3n) is 5.40. The Morgan fingerprint density at radius 2 is 2.11 bits per heavy atom. The van der Waals surface area contributed by atoms with Crippen LogP contribution in [0.2, 0.25) is 0 Å². The number of rotatable bonds is 4. The van der Waals surface area contributed by atoms with E-state index in [4.69, 9.17) is 4.42 Å². The van der Waals surface area contributed by atoms with Gasteiger partial charge < -0.3 is 9.32 Å². The molecule has 1 amide bonds. The maximum Gasteiger partial charge on any atom is 0.346 e. The van der Waals surface area contributed by atoms with E-state index < -0.39 is 0 Å². The van der Waals surface area contributed by atoms with Gasteiger partial charge in [-0.1, -0.05) is 24.6 Å². The standard InChI is InChI=1S/C20H24N4O3/c1-14(17-12-15-8-5-6-9-16(15)27-17)22(2)19(25)13-24-20(26)23-11-7-3-4-10-18(23)21-24/h5-6,8-9,12,14H,3-4,7,10-11,13H2,1-2H3. The Labute approximate surface area is 157 Å². The molecule has 142 valence electrons. The molecule has 0 bridgehead atoms. The third-order valence-corrected chi connectivity index (χ3v) is 5.40. The average molecular weight is 368 g/mol. The van der Waals surface area contributed by atoms with Gasteiger partial charge in [0.2, 0.25) is 5.91 Å². The van der Waals surface area contributed by atoms with Gasteiger partial charge in [-0.2, -0.15) is 5.10 Å². The Morgan fingerprint density at radius 1 is 1.30 bits per heavy atom. The zero-order valence-corrected chi connectivity index (χ0v) is 15.7. The highest BCUT2D eigenvalue weighted by Crippen LogP contribution is 2.26. The second-order valence-corrected chi connectivity index (χ2v) is 7.19. The van der Waals surface area contributed by atoms with Crippen LogP contribution in [0.5, 0.6) is 0 Å². The summed E-state index contributed by atoms with van der Waals surface area (Å²) in [5.74, 6) is 1.34. The maximum atomic E-state index is 12.8. The first kappa shape index (κ1) is 17.6. The van der Waals surface area contributed by atoms with Crippen molar-refractivity contribution in [2.24, 2.45) is 0 Å². The van der Waals surface area contributed by atoms with Gasteiger partial charge in [0.15, 0.2) is 0 Å². The number of nitrogens with zero attached hydrogens (tertiary/aromatic N) is 4. The van der Waals surface area contributed by atoms with Crippen LogP contribution >= 0.6 is 0 Å². The summed E-state index contributed by atoms with van der Waals surface area (Å²) in [6.45, 7) is 2.55. The summed E-state index contributed by atoms with van der Waals surface area (Å²) in [7, 11) is 1.73. The van der Waals surface area contributed by atoms with Crippen LogP contribution in [0.15, 0.2) is 39.5 Å². The average Bonchev–Trinajstić information content (AvgIpc) is 3.13. The molecule has 0 radical (unpaired) electrons. The predicted octanol–water partition coefficient (Wildman–Crippen LogP) is 2.74. The zero-order valence-electron chi connectivity index (χ0n) is 15.7. The van der Waals surface area contributed by atoms with Crippen LogP contribution in [0.25, 0.3) is 11.0 Å². The molecular formula is C20H24N4O3. The van der Waals surface area contributed by atoms with E-state index in [1.165, 1.54) is 4.68 Å². The Morgan fingerprint density at radius 3 is 2.93 bits per heavy atom. The second kappa shape index (κ2) is 7.06.